The number of nitrogens with zero attached hydrogens (tertiary/aromatic N) is 2. The maximum absolute atomic E-state index is 8.50. The van der Waals surface area contributed by atoms with Crippen molar-refractivity contribution >= 4 is 22.2 Å². The minimum absolute atomic E-state index is 0.0384. The molecule has 6 heteroatoms. The highest BCUT2D eigenvalue weighted by molar-refractivity contribution is 8.26. The molecule has 0 unspecified atom stereocenters. The van der Waals surface area contributed by atoms with Crippen LogP contribution in [0.2, 0.25) is 0 Å². The van der Waals surface area contributed by atoms with Crippen LogP contribution in [0.5, 0.6) is 0 Å². The Bertz CT molecular complexity index is 227. The van der Waals surface area contributed by atoms with Gasteiger partial charge >= 0.3 is 0 Å². The van der Waals surface area contributed by atoms with Gasteiger partial charge in [-0.05, 0) is 27.7 Å². The Balaban J connectivity index is 4.32. The summed E-state index contributed by atoms with van der Waals surface area (Å²) in [6, 6.07) is 0.151. The van der Waals surface area contributed by atoms with Crippen LogP contribution in [0.1, 0.15) is 27.7 Å². The summed E-state index contributed by atoms with van der Waals surface area (Å²) >= 11 is 1.01. The van der Waals surface area contributed by atoms with Gasteiger partial charge in [0.05, 0.1) is 0 Å². The topological polar surface area (TPSA) is 80.2 Å². The fraction of sp³-hybridized carbons (Fsp3) is 0.750. The van der Waals surface area contributed by atoms with E-state index >= 15 is 0 Å². The van der Waals surface area contributed by atoms with Crippen molar-refractivity contribution in [1.82, 2.24) is 0 Å². The van der Waals surface area contributed by atoms with Crippen LogP contribution in [0.3, 0.4) is 0 Å². The molecule has 0 aromatic heterocycles. The van der Waals surface area contributed by atoms with E-state index in [1.165, 1.54) is 0 Å². The summed E-state index contributed by atoms with van der Waals surface area (Å²) in [5.41, 5.74) is 5.57. The van der Waals surface area contributed by atoms with Crippen molar-refractivity contribution in [2.24, 2.45) is 15.7 Å². The zero-order chi connectivity index (χ0) is 11.1. The molecule has 82 valence electrons. The molecule has 0 fully saturated rings. The molecule has 0 radical (unpaired) electrons. The second-order valence-corrected chi connectivity index (χ2v) is 4.21. The van der Waals surface area contributed by atoms with Crippen LogP contribution in [0.4, 0.5) is 0 Å². The summed E-state index contributed by atoms with van der Waals surface area (Å²) in [5.74, 6) is 0. The Labute approximate surface area is 88.4 Å². The van der Waals surface area contributed by atoms with Crippen molar-refractivity contribution in [1.29, 1.82) is 0 Å². The summed E-state index contributed by atoms with van der Waals surface area (Å²) in [6.45, 7) is 7.56. The van der Waals surface area contributed by atoms with Gasteiger partial charge in [0, 0.05) is 23.8 Å². The average molecular weight is 219 g/mol. The van der Waals surface area contributed by atoms with Crippen molar-refractivity contribution < 1.29 is 10.1 Å². The van der Waals surface area contributed by atoms with E-state index in [-0.39, 0.29) is 17.3 Å². The molecule has 0 amide bonds. The zero-order valence-corrected chi connectivity index (χ0v) is 9.71. The molecule has 0 aliphatic rings. The molecule has 14 heavy (non-hydrogen) atoms. The van der Waals surface area contributed by atoms with E-state index in [1.54, 1.807) is 0 Å². The molecule has 0 bridgehead atoms. The number of hydrogen-bond acceptors (Lipinski definition) is 5. The molecule has 0 saturated carbocycles. The van der Waals surface area contributed by atoms with Crippen LogP contribution in [-0.2, 0) is 4.89 Å². The van der Waals surface area contributed by atoms with Gasteiger partial charge in [0.1, 0.15) is 0 Å². The molecule has 0 aromatic rings. The quantitative estimate of drug-likeness (QED) is 0.320. The van der Waals surface area contributed by atoms with Gasteiger partial charge < -0.3 is 10.6 Å². The molecule has 0 aliphatic heterocycles. The third-order valence-corrected chi connectivity index (χ3v) is 1.69. The first kappa shape index (κ1) is 13.2. The highest BCUT2D eigenvalue weighted by Gasteiger charge is 2.06. The van der Waals surface area contributed by atoms with Crippen LogP contribution in [-0.4, -0.2) is 27.7 Å². The predicted molar refractivity (Wildman–Crippen MR) is 60.6 cm³/mol. The first-order chi connectivity index (χ1) is 6.45. The third kappa shape index (κ3) is 6.73. The van der Waals surface area contributed by atoms with Gasteiger partial charge in [-0.1, -0.05) is 0 Å². The highest BCUT2D eigenvalue weighted by Crippen LogP contribution is 2.07. The van der Waals surface area contributed by atoms with Crippen molar-refractivity contribution in [3.63, 3.8) is 0 Å². The van der Waals surface area contributed by atoms with Crippen LogP contribution in [0.25, 0.3) is 0 Å². The highest BCUT2D eigenvalue weighted by atomic mass is 32.2. The van der Waals surface area contributed by atoms with E-state index < -0.39 is 0 Å². The second-order valence-electron chi connectivity index (χ2n) is 3.24. The molecule has 0 saturated heterocycles. The van der Waals surface area contributed by atoms with Crippen molar-refractivity contribution in [2.75, 3.05) is 0 Å². The average Bonchev–Trinajstić information content (AvgIpc) is 2.00. The number of rotatable bonds is 2. The lowest BCUT2D eigenvalue weighted by molar-refractivity contribution is -0.150. The Morgan fingerprint density at radius 2 is 1.71 bits per heavy atom. The van der Waals surface area contributed by atoms with Gasteiger partial charge in [0.2, 0.25) is 0 Å². The minimum atomic E-state index is 0.0384. The van der Waals surface area contributed by atoms with Gasteiger partial charge in [-0.2, -0.15) is 0 Å². The molecule has 0 heterocycles. The van der Waals surface area contributed by atoms with Crippen LogP contribution < -0.4 is 5.73 Å². The molecule has 3 N–H and O–H groups in total. The van der Waals surface area contributed by atoms with Crippen molar-refractivity contribution in [3.8, 4) is 0 Å². The third-order valence-electron chi connectivity index (χ3n) is 1.02. The molecule has 0 spiro atoms. The first-order valence-electron chi connectivity index (χ1n) is 4.36. The van der Waals surface area contributed by atoms with E-state index in [4.69, 9.17) is 11.0 Å². The fourth-order valence-electron chi connectivity index (χ4n) is 0.650. The number of hydrogen-bond donors (Lipinski definition) is 2. The number of thioether (sulfide) groups is 1. The summed E-state index contributed by atoms with van der Waals surface area (Å²) in [6.07, 6.45) is 0. The smallest absolute Gasteiger partial charge is 0.294 e. The summed E-state index contributed by atoms with van der Waals surface area (Å²) < 4.78 is 0. The Kier molecular flexibility index (Phi) is 6.31. The number of aliphatic imine (C=N–C) groups is 2. The van der Waals surface area contributed by atoms with Gasteiger partial charge in [-0.3, -0.25) is 4.99 Å². The lowest BCUT2D eigenvalue weighted by Crippen LogP contribution is -2.14. The summed E-state index contributed by atoms with van der Waals surface area (Å²) in [5, 5.41) is 8.94. The lowest BCUT2D eigenvalue weighted by Gasteiger charge is -2.04. The van der Waals surface area contributed by atoms with E-state index in [0.29, 0.717) is 5.17 Å². The van der Waals surface area contributed by atoms with Gasteiger partial charge in [0.15, 0.2) is 5.17 Å². The second kappa shape index (κ2) is 6.67. The SMILES string of the molecule is CC(C)N=C(N)SC(=NC(C)C)OO. The van der Waals surface area contributed by atoms with Crippen molar-refractivity contribution in [2.45, 2.75) is 39.8 Å². The van der Waals surface area contributed by atoms with Crippen molar-refractivity contribution in [3.05, 3.63) is 0 Å². The molecule has 0 aliphatic carbocycles. The first-order valence-corrected chi connectivity index (χ1v) is 5.17. The molecular weight excluding hydrogens is 202 g/mol. The largest absolute Gasteiger partial charge is 0.378 e. The number of nitrogens with two attached hydrogens (primary N) is 1. The Hall–Kier alpha value is -0.750. The Morgan fingerprint density at radius 1 is 1.21 bits per heavy atom. The monoisotopic (exact) mass is 219 g/mol. The van der Waals surface area contributed by atoms with Gasteiger partial charge in [-0.15, -0.1) is 0 Å². The molecule has 0 rings (SSSR count). The maximum atomic E-state index is 8.50. The van der Waals surface area contributed by atoms with Crippen LogP contribution in [0, 0.1) is 0 Å². The normalized spacial score (nSPS) is 13.9. The lowest BCUT2D eigenvalue weighted by atomic mass is 10.4. The van der Waals surface area contributed by atoms with Crippen LogP contribution >= 0.6 is 11.8 Å². The molecular formula is C8H17N3O2S. The van der Waals surface area contributed by atoms with E-state index in [9.17, 15) is 0 Å². The molecule has 0 aromatic carbocycles. The minimum Gasteiger partial charge on any atom is -0.378 e. The fourth-order valence-corrected chi connectivity index (χ4v) is 1.39. The van der Waals surface area contributed by atoms with Gasteiger partial charge in [0.25, 0.3) is 5.23 Å². The van der Waals surface area contributed by atoms with Gasteiger partial charge in [-0.25, -0.2) is 10.2 Å². The molecule has 5 nitrogen and oxygen atoms in total. The van der Waals surface area contributed by atoms with Crippen LogP contribution in [0.15, 0.2) is 9.98 Å². The zero-order valence-electron chi connectivity index (χ0n) is 8.89. The summed E-state index contributed by atoms with van der Waals surface area (Å²) in [7, 11) is 0. The Morgan fingerprint density at radius 3 is 2.07 bits per heavy atom. The van der Waals surface area contributed by atoms with E-state index in [2.05, 4.69) is 14.9 Å². The molecule has 0 atom stereocenters. The predicted octanol–water partition coefficient (Wildman–Crippen LogP) is 1.70. The standard InChI is InChI=1S/C8H17N3O2S/c1-5(2)10-7(9)14-8(13-12)11-6(3)4/h5-6,12H,1-4H3,(H2,9,10). The summed E-state index contributed by atoms with van der Waals surface area (Å²) in [4.78, 5) is 12.1. The number of amidine groups is 1. The van der Waals surface area contributed by atoms with E-state index in [0.717, 1.165) is 11.8 Å². The van der Waals surface area contributed by atoms with E-state index in [1.807, 2.05) is 27.7 Å². The maximum Gasteiger partial charge on any atom is 0.294 e.